The van der Waals surface area contributed by atoms with Gasteiger partial charge in [0, 0.05) is 22.3 Å². The maximum Gasteiger partial charge on any atom is 0.244 e. The van der Waals surface area contributed by atoms with Crippen LogP contribution in [0.25, 0.3) is 11.4 Å². The number of amides is 1. The van der Waals surface area contributed by atoms with E-state index in [2.05, 4.69) is 15.5 Å². The summed E-state index contributed by atoms with van der Waals surface area (Å²) in [6.07, 6.45) is 0. The average molecular weight is 469 g/mol. The second kappa shape index (κ2) is 9.76. The number of carbonyl (C=O) groups is 1. The van der Waals surface area contributed by atoms with Crippen molar-refractivity contribution >= 4 is 35.4 Å². The van der Waals surface area contributed by atoms with Crippen molar-refractivity contribution in [2.24, 2.45) is 0 Å². The van der Waals surface area contributed by atoms with Gasteiger partial charge < -0.3 is 10.1 Å². The van der Waals surface area contributed by atoms with E-state index in [1.807, 2.05) is 12.1 Å². The molecule has 0 bridgehead atoms. The first-order valence-electron chi connectivity index (χ1n) is 9.66. The Kier molecular flexibility index (Phi) is 6.63. The van der Waals surface area contributed by atoms with Crippen LogP contribution in [0, 0.1) is 10.6 Å². The minimum atomic E-state index is -0.296. The summed E-state index contributed by atoms with van der Waals surface area (Å²) in [7, 11) is 0. The molecule has 4 rings (SSSR count). The Morgan fingerprint density at radius 1 is 1.12 bits per heavy atom. The maximum atomic E-state index is 13.0. The molecule has 3 aromatic carbocycles. The monoisotopic (exact) mass is 468 g/mol. The molecule has 0 atom stereocenters. The van der Waals surface area contributed by atoms with Gasteiger partial charge in [-0.2, -0.15) is 5.10 Å². The van der Waals surface area contributed by atoms with Crippen LogP contribution in [0.15, 0.2) is 72.8 Å². The van der Waals surface area contributed by atoms with Gasteiger partial charge in [-0.3, -0.25) is 14.5 Å². The van der Waals surface area contributed by atoms with Crippen molar-refractivity contribution in [3.05, 3.63) is 94.0 Å². The summed E-state index contributed by atoms with van der Waals surface area (Å²) in [4.78, 5) is 12.7. The standard InChI is InChI=1S/C23H18ClFN4O2S/c24-17-8-6-16(7-9-17)22-27-28-23(32)29(22)13-21(30)26-19-2-1-3-20(12-19)31-14-15-4-10-18(25)11-5-15/h1-12H,13-14H2,(H,26,30)(H,28,32). The third-order valence-electron chi connectivity index (χ3n) is 4.60. The van der Waals surface area contributed by atoms with Crippen LogP contribution in [0.3, 0.4) is 0 Å². The predicted molar refractivity (Wildman–Crippen MR) is 124 cm³/mol. The first-order valence-corrected chi connectivity index (χ1v) is 10.4. The molecule has 0 aliphatic heterocycles. The fraction of sp³-hybridized carbons (Fsp3) is 0.0870. The Balaban J connectivity index is 1.42. The van der Waals surface area contributed by atoms with Crippen molar-refractivity contribution in [2.75, 3.05) is 5.32 Å². The number of rotatable bonds is 7. The Morgan fingerprint density at radius 3 is 2.62 bits per heavy atom. The van der Waals surface area contributed by atoms with Gasteiger partial charge >= 0.3 is 0 Å². The zero-order chi connectivity index (χ0) is 22.5. The summed E-state index contributed by atoms with van der Waals surface area (Å²) < 4.78 is 20.7. The molecular weight excluding hydrogens is 451 g/mol. The van der Waals surface area contributed by atoms with Crippen molar-refractivity contribution in [1.29, 1.82) is 0 Å². The lowest BCUT2D eigenvalue weighted by atomic mass is 10.2. The summed E-state index contributed by atoms with van der Waals surface area (Å²) in [6, 6.07) is 20.2. The van der Waals surface area contributed by atoms with Crippen molar-refractivity contribution in [3.63, 3.8) is 0 Å². The molecule has 0 unspecified atom stereocenters. The molecule has 0 saturated heterocycles. The average Bonchev–Trinajstić information content (AvgIpc) is 3.14. The number of anilines is 1. The number of H-pyrrole nitrogens is 1. The molecule has 0 aliphatic carbocycles. The Hall–Kier alpha value is -3.49. The highest BCUT2D eigenvalue weighted by Gasteiger charge is 2.13. The third kappa shape index (κ3) is 5.40. The molecule has 1 amide bonds. The number of hydrogen-bond acceptors (Lipinski definition) is 4. The fourth-order valence-electron chi connectivity index (χ4n) is 3.04. The Morgan fingerprint density at radius 2 is 1.88 bits per heavy atom. The molecule has 162 valence electrons. The molecule has 1 aromatic heterocycles. The van der Waals surface area contributed by atoms with E-state index in [0.29, 0.717) is 27.1 Å². The first kappa shape index (κ1) is 21.7. The molecule has 0 aliphatic rings. The largest absolute Gasteiger partial charge is 0.489 e. The van der Waals surface area contributed by atoms with Gasteiger partial charge in [-0.25, -0.2) is 4.39 Å². The maximum absolute atomic E-state index is 13.0. The van der Waals surface area contributed by atoms with Gasteiger partial charge in [0.05, 0.1) is 0 Å². The molecule has 0 fully saturated rings. The third-order valence-corrected chi connectivity index (χ3v) is 5.16. The van der Waals surface area contributed by atoms with E-state index in [4.69, 9.17) is 28.6 Å². The number of aromatic amines is 1. The smallest absolute Gasteiger partial charge is 0.244 e. The molecule has 0 radical (unpaired) electrons. The lowest BCUT2D eigenvalue weighted by Crippen LogP contribution is -2.19. The number of carbonyl (C=O) groups excluding carboxylic acids is 1. The SMILES string of the molecule is O=C(Cn1c(-c2ccc(Cl)cc2)n[nH]c1=S)Nc1cccc(OCc2ccc(F)cc2)c1. The van der Waals surface area contributed by atoms with Crippen molar-refractivity contribution < 1.29 is 13.9 Å². The fourth-order valence-corrected chi connectivity index (χ4v) is 3.36. The van der Waals surface area contributed by atoms with E-state index in [9.17, 15) is 9.18 Å². The summed E-state index contributed by atoms with van der Waals surface area (Å²) in [5, 5.41) is 10.4. The van der Waals surface area contributed by atoms with E-state index in [-0.39, 0.29) is 24.9 Å². The minimum Gasteiger partial charge on any atom is -0.489 e. The zero-order valence-electron chi connectivity index (χ0n) is 16.7. The van der Waals surface area contributed by atoms with E-state index in [1.54, 1.807) is 53.1 Å². The number of nitrogens with zero attached hydrogens (tertiary/aromatic N) is 2. The van der Waals surface area contributed by atoms with Crippen LogP contribution < -0.4 is 10.1 Å². The molecule has 0 spiro atoms. The topological polar surface area (TPSA) is 71.9 Å². The summed E-state index contributed by atoms with van der Waals surface area (Å²) in [6.45, 7) is 0.264. The van der Waals surface area contributed by atoms with Gasteiger partial charge in [-0.05, 0) is 66.3 Å². The van der Waals surface area contributed by atoms with Crippen LogP contribution in [0.5, 0.6) is 5.75 Å². The molecular formula is C23H18ClFN4O2S. The zero-order valence-corrected chi connectivity index (χ0v) is 18.3. The van der Waals surface area contributed by atoms with Gasteiger partial charge in [-0.15, -0.1) is 0 Å². The van der Waals surface area contributed by atoms with Gasteiger partial charge in [-0.1, -0.05) is 29.8 Å². The molecule has 2 N–H and O–H groups in total. The van der Waals surface area contributed by atoms with E-state index < -0.39 is 0 Å². The van der Waals surface area contributed by atoms with E-state index >= 15 is 0 Å². The summed E-state index contributed by atoms with van der Waals surface area (Å²) >= 11 is 11.2. The number of ether oxygens (including phenoxy) is 1. The lowest BCUT2D eigenvalue weighted by Gasteiger charge is -2.11. The number of benzene rings is 3. The second-order valence-corrected chi connectivity index (χ2v) is 7.76. The van der Waals surface area contributed by atoms with Crippen LogP contribution in [0.1, 0.15) is 5.56 Å². The van der Waals surface area contributed by atoms with Gasteiger partial charge in [0.25, 0.3) is 0 Å². The minimum absolute atomic E-state index is 0.0199. The number of hydrogen-bond donors (Lipinski definition) is 2. The highest BCUT2D eigenvalue weighted by Crippen LogP contribution is 2.21. The predicted octanol–water partition coefficient (Wildman–Crippen LogP) is 5.62. The molecule has 9 heteroatoms. The number of halogens is 2. The first-order chi connectivity index (χ1) is 15.5. The highest BCUT2D eigenvalue weighted by atomic mass is 35.5. The van der Waals surface area contributed by atoms with Crippen LogP contribution in [-0.2, 0) is 17.9 Å². The van der Waals surface area contributed by atoms with Crippen LogP contribution in [0.4, 0.5) is 10.1 Å². The summed E-state index contributed by atoms with van der Waals surface area (Å²) in [5.41, 5.74) is 2.20. The second-order valence-electron chi connectivity index (χ2n) is 6.94. The lowest BCUT2D eigenvalue weighted by molar-refractivity contribution is -0.116. The highest BCUT2D eigenvalue weighted by molar-refractivity contribution is 7.71. The van der Waals surface area contributed by atoms with Crippen molar-refractivity contribution in [1.82, 2.24) is 14.8 Å². The summed E-state index contributed by atoms with van der Waals surface area (Å²) in [5.74, 6) is 0.552. The van der Waals surface area contributed by atoms with Gasteiger partial charge in [0.1, 0.15) is 24.7 Å². The molecule has 0 saturated carbocycles. The normalized spacial score (nSPS) is 10.7. The van der Waals surface area contributed by atoms with Gasteiger partial charge in [0.2, 0.25) is 5.91 Å². The van der Waals surface area contributed by atoms with Crippen LogP contribution in [-0.4, -0.2) is 20.7 Å². The van der Waals surface area contributed by atoms with Crippen LogP contribution in [0.2, 0.25) is 5.02 Å². The van der Waals surface area contributed by atoms with Crippen molar-refractivity contribution in [2.45, 2.75) is 13.2 Å². The molecule has 1 heterocycles. The van der Waals surface area contributed by atoms with Crippen molar-refractivity contribution in [3.8, 4) is 17.1 Å². The van der Waals surface area contributed by atoms with Crippen LogP contribution >= 0.6 is 23.8 Å². The Bertz CT molecular complexity index is 1290. The van der Waals surface area contributed by atoms with E-state index in [0.717, 1.165) is 11.1 Å². The number of nitrogens with one attached hydrogen (secondary N) is 2. The molecule has 6 nitrogen and oxygen atoms in total. The number of aromatic nitrogens is 3. The van der Waals surface area contributed by atoms with Gasteiger partial charge in [0.15, 0.2) is 10.6 Å². The Labute approximate surface area is 193 Å². The quantitative estimate of drug-likeness (QED) is 0.345. The van der Waals surface area contributed by atoms with E-state index in [1.165, 1.54) is 12.1 Å². The molecule has 32 heavy (non-hydrogen) atoms. The molecule has 4 aromatic rings.